The van der Waals surface area contributed by atoms with E-state index in [9.17, 15) is 4.79 Å². The summed E-state index contributed by atoms with van der Waals surface area (Å²) in [4.78, 5) is 17.8. The summed E-state index contributed by atoms with van der Waals surface area (Å²) < 4.78 is 4.57. The Bertz CT molecular complexity index is 302. The largest absolute Gasteiger partial charge is 0.452 e. The predicted molar refractivity (Wildman–Crippen MR) is 52.4 cm³/mol. The van der Waals surface area contributed by atoms with Gasteiger partial charge in [0.1, 0.15) is 0 Å². The average Bonchev–Trinajstić information content (AvgIpc) is 2.44. The minimum absolute atomic E-state index is 0.395. The van der Waals surface area contributed by atoms with Crippen LogP contribution < -0.4 is 4.90 Å². The van der Waals surface area contributed by atoms with Crippen molar-refractivity contribution in [3.05, 3.63) is 10.6 Å². The summed E-state index contributed by atoms with van der Waals surface area (Å²) in [6, 6.07) is 0. The molecule has 0 bridgehead atoms. The second-order valence-corrected chi connectivity index (χ2v) is 3.85. The molecule has 1 aromatic heterocycles. The highest BCUT2D eigenvalue weighted by atomic mass is 32.1. The third-order valence-electron chi connectivity index (χ3n) is 1.75. The van der Waals surface area contributed by atoms with E-state index in [0.717, 1.165) is 10.6 Å². The molecule has 0 atom stereocenters. The Morgan fingerprint density at radius 1 is 1.54 bits per heavy atom. The molecule has 0 N–H and O–H groups in total. The molecular formula is C8H12N2O2S. The van der Waals surface area contributed by atoms with E-state index < -0.39 is 6.09 Å². The number of anilines is 1. The van der Waals surface area contributed by atoms with Gasteiger partial charge in [-0.15, -0.1) is 11.3 Å². The molecule has 0 spiro atoms. The fraction of sp³-hybridized carbons (Fsp3) is 0.500. The molecular weight excluding hydrogens is 188 g/mol. The Morgan fingerprint density at radius 2 is 2.15 bits per heavy atom. The molecule has 72 valence electrons. The predicted octanol–water partition coefficient (Wildman–Crippen LogP) is 1.96. The summed E-state index contributed by atoms with van der Waals surface area (Å²) in [6.07, 6.45) is -0.395. The Hall–Kier alpha value is -1.10. The van der Waals surface area contributed by atoms with Crippen LogP contribution in [0, 0.1) is 13.8 Å². The van der Waals surface area contributed by atoms with Crippen LogP contribution in [0.1, 0.15) is 10.6 Å². The van der Waals surface area contributed by atoms with Crippen molar-refractivity contribution in [3.63, 3.8) is 0 Å². The van der Waals surface area contributed by atoms with Crippen LogP contribution in [0.3, 0.4) is 0 Å². The number of nitrogens with zero attached hydrogens (tertiary/aromatic N) is 2. The average molecular weight is 200 g/mol. The highest BCUT2D eigenvalue weighted by Crippen LogP contribution is 2.24. The van der Waals surface area contributed by atoms with Crippen LogP contribution in [-0.2, 0) is 4.74 Å². The highest BCUT2D eigenvalue weighted by Gasteiger charge is 2.15. The maximum absolute atomic E-state index is 11.1. The number of thiazole rings is 1. The van der Waals surface area contributed by atoms with Gasteiger partial charge < -0.3 is 4.74 Å². The molecule has 4 nitrogen and oxygen atoms in total. The Balaban J connectivity index is 2.89. The molecule has 0 aliphatic heterocycles. The number of aromatic nitrogens is 1. The molecule has 1 aromatic rings. The Kier molecular flexibility index (Phi) is 2.87. The van der Waals surface area contributed by atoms with Crippen LogP contribution in [0.2, 0.25) is 0 Å². The van der Waals surface area contributed by atoms with Crippen molar-refractivity contribution in [2.24, 2.45) is 0 Å². The van der Waals surface area contributed by atoms with Crippen LogP contribution in [0.25, 0.3) is 0 Å². The van der Waals surface area contributed by atoms with E-state index in [1.54, 1.807) is 7.05 Å². The summed E-state index contributed by atoms with van der Waals surface area (Å²) in [5.74, 6) is 0. The molecule has 0 unspecified atom stereocenters. The first-order valence-corrected chi connectivity index (χ1v) is 4.63. The van der Waals surface area contributed by atoms with Crippen LogP contribution in [-0.4, -0.2) is 25.2 Å². The van der Waals surface area contributed by atoms with Crippen LogP contribution in [0.5, 0.6) is 0 Å². The minimum Gasteiger partial charge on any atom is -0.452 e. The van der Waals surface area contributed by atoms with Gasteiger partial charge in [0.25, 0.3) is 0 Å². The molecule has 5 heteroatoms. The van der Waals surface area contributed by atoms with Crippen LogP contribution in [0.15, 0.2) is 0 Å². The first-order valence-electron chi connectivity index (χ1n) is 3.82. The van der Waals surface area contributed by atoms with E-state index in [-0.39, 0.29) is 0 Å². The number of methoxy groups -OCH3 is 1. The van der Waals surface area contributed by atoms with Crippen molar-refractivity contribution in [1.82, 2.24) is 4.98 Å². The van der Waals surface area contributed by atoms with E-state index in [1.807, 2.05) is 13.8 Å². The first-order chi connectivity index (χ1) is 6.06. The standard InChI is InChI=1S/C8H12N2O2S/c1-5-6(2)13-7(9-5)10(3)8(11)12-4/h1-4H3. The molecule has 13 heavy (non-hydrogen) atoms. The van der Waals surface area contributed by atoms with Gasteiger partial charge in [-0.2, -0.15) is 0 Å². The van der Waals surface area contributed by atoms with E-state index in [4.69, 9.17) is 0 Å². The number of hydrogen-bond donors (Lipinski definition) is 0. The monoisotopic (exact) mass is 200 g/mol. The zero-order valence-corrected chi connectivity index (χ0v) is 8.94. The number of carbonyl (C=O) groups is 1. The molecule has 0 aromatic carbocycles. The lowest BCUT2D eigenvalue weighted by atomic mass is 10.4. The van der Waals surface area contributed by atoms with Crippen molar-refractivity contribution >= 4 is 22.6 Å². The second-order valence-electron chi connectivity index (χ2n) is 2.67. The van der Waals surface area contributed by atoms with Crippen LogP contribution >= 0.6 is 11.3 Å². The summed E-state index contributed by atoms with van der Waals surface area (Å²) in [5, 5.41) is 0.668. The van der Waals surface area contributed by atoms with E-state index >= 15 is 0 Å². The molecule has 0 aliphatic carbocycles. The van der Waals surface area contributed by atoms with E-state index in [1.165, 1.54) is 23.3 Å². The lowest BCUT2D eigenvalue weighted by Crippen LogP contribution is -2.25. The number of aryl methyl sites for hydroxylation is 2. The summed E-state index contributed by atoms with van der Waals surface area (Å²) in [6.45, 7) is 3.89. The number of carbonyl (C=O) groups excluding carboxylic acids is 1. The molecule has 0 saturated carbocycles. The lowest BCUT2D eigenvalue weighted by molar-refractivity contribution is 0.180. The van der Waals surface area contributed by atoms with Gasteiger partial charge in [-0.25, -0.2) is 9.78 Å². The van der Waals surface area contributed by atoms with Crippen molar-refractivity contribution < 1.29 is 9.53 Å². The normalized spacial score (nSPS) is 9.85. The van der Waals surface area contributed by atoms with Gasteiger partial charge >= 0.3 is 6.09 Å². The van der Waals surface area contributed by atoms with Gasteiger partial charge in [0.2, 0.25) is 0 Å². The molecule has 0 saturated heterocycles. The number of ether oxygens (including phenoxy) is 1. The van der Waals surface area contributed by atoms with Gasteiger partial charge in [0.15, 0.2) is 5.13 Å². The third-order valence-corrected chi connectivity index (χ3v) is 2.90. The summed E-state index contributed by atoms with van der Waals surface area (Å²) in [5.41, 5.74) is 0.954. The number of amides is 1. The fourth-order valence-electron chi connectivity index (χ4n) is 0.814. The molecule has 0 fully saturated rings. The maximum Gasteiger partial charge on any atom is 0.415 e. The topological polar surface area (TPSA) is 42.4 Å². The summed E-state index contributed by atoms with van der Waals surface area (Å²) in [7, 11) is 3.00. The smallest absolute Gasteiger partial charge is 0.415 e. The van der Waals surface area contributed by atoms with Crippen molar-refractivity contribution in [2.75, 3.05) is 19.1 Å². The molecule has 1 rings (SSSR count). The minimum atomic E-state index is -0.395. The zero-order valence-electron chi connectivity index (χ0n) is 8.12. The number of hydrogen-bond acceptors (Lipinski definition) is 4. The molecule has 1 amide bonds. The quantitative estimate of drug-likeness (QED) is 0.696. The van der Waals surface area contributed by atoms with Crippen LogP contribution in [0.4, 0.5) is 9.93 Å². The second kappa shape index (κ2) is 3.74. The Morgan fingerprint density at radius 3 is 2.54 bits per heavy atom. The maximum atomic E-state index is 11.1. The first kappa shape index (κ1) is 9.98. The molecule has 1 heterocycles. The molecule has 0 radical (unpaired) electrons. The van der Waals surface area contributed by atoms with Crippen molar-refractivity contribution in [1.29, 1.82) is 0 Å². The third kappa shape index (κ3) is 1.98. The number of rotatable bonds is 1. The van der Waals surface area contributed by atoms with Gasteiger partial charge in [0, 0.05) is 11.9 Å². The SMILES string of the molecule is COC(=O)N(C)c1nc(C)c(C)s1. The van der Waals surface area contributed by atoms with Crippen molar-refractivity contribution in [2.45, 2.75) is 13.8 Å². The van der Waals surface area contributed by atoms with Crippen molar-refractivity contribution in [3.8, 4) is 0 Å². The van der Waals surface area contributed by atoms with Gasteiger partial charge in [-0.05, 0) is 13.8 Å². The zero-order chi connectivity index (χ0) is 10.0. The lowest BCUT2D eigenvalue weighted by Gasteiger charge is -2.10. The van der Waals surface area contributed by atoms with Gasteiger partial charge in [0.05, 0.1) is 12.8 Å². The fourth-order valence-corrected chi connectivity index (χ4v) is 1.68. The van der Waals surface area contributed by atoms with E-state index in [0.29, 0.717) is 5.13 Å². The highest BCUT2D eigenvalue weighted by molar-refractivity contribution is 7.15. The van der Waals surface area contributed by atoms with Gasteiger partial charge in [-0.3, -0.25) is 4.90 Å². The molecule has 0 aliphatic rings. The summed E-state index contributed by atoms with van der Waals surface area (Å²) >= 11 is 1.48. The van der Waals surface area contributed by atoms with Gasteiger partial charge in [-0.1, -0.05) is 0 Å². The Labute approximate surface area is 81.2 Å². The van der Waals surface area contributed by atoms with E-state index in [2.05, 4.69) is 9.72 Å².